The van der Waals surface area contributed by atoms with Gasteiger partial charge < -0.3 is 10.0 Å². The van der Waals surface area contributed by atoms with Crippen molar-refractivity contribution in [2.45, 2.75) is 13.0 Å². The third-order valence-corrected chi connectivity index (χ3v) is 4.86. The van der Waals surface area contributed by atoms with E-state index in [1.165, 1.54) is 6.07 Å². The molecule has 106 valence electrons. The SMILES string of the molecule is CC(CN1CCS(=O)CC1)C(O)c1ccccc1F. The van der Waals surface area contributed by atoms with Crippen LogP contribution in [0.4, 0.5) is 4.39 Å². The largest absolute Gasteiger partial charge is 0.388 e. The van der Waals surface area contributed by atoms with Crippen LogP contribution < -0.4 is 0 Å². The molecule has 0 spiro atoms. The van der Waals surface area contributed by atoms with Crippen molar-refractivity contribution in [2.24, 2.45) is 5.92 Å². The summed E-state index contributed by atoms with van der Waals surface area (Å²) in [5.74, 6) is 0.982. The topological polar surface area (TPSA) is 40.5 Å². The lowest BCUT2D eigenvalue weighted by Crippen LogP contribution is -2.41. The summed E-state index contributed by atoms with van der Waals surface area (Å²) in [4.78, 5) is 2.19. The molecule has 1 fully saturated rings. The molecule has 1 aliphatic rings. The first-order chi connectivity index (χ1) is 9.08. The third kappa shape index (κ3) is 3.84. The van der Waals surface area contributed by atoms with Crippen LogP contribution in [0.1, 0.15) is 18.6 Å². The minimum Gasteiger partial charge on any atom is -0.388 e. The zero-order valence-corrected chi connectivity index (χ0v) is 11.9. The highest BCUT2D eigenvalue weighted by Crippen LogP contribution is 2.25. The van der Waals surface area contributed by atoms with Crippen LogP contribution in [0.5, 0.6) is 0 Å². The van der Waals surface area contributed by atoms with Gasteiger partial charge in [0, 0.05) is 47.5 Å². The number of hydrogen-bond donors (Lipinski definition) is 1. The van der Waals surface area contributed by atoms with Crippen LogP contribution in [0.2, 0.25) is 0 Å². The standard InChI is InChI=1S/C14H20FNO2S/c1-11(10-16-6-8-19(18)9-7-16)14(17)12-4-2-3-5-13(12)15/h2-5,11,14,17H,6-10H2,1H3. The predicted octanol–water partition coefficient (Wildman–Crippen LogP) is 1.56. The quantitative estimate of drug-likeness (QED) is 0.912. The molecule has 0 radical (unpaired) electrons. The highest BCUT2D eigenvalue weighted by atomic mass is 32.2. The van der Waals surface area contributed by atoms with Crippen LogP contribution >= 0.6 is 0 Å². The van der Waals surface area contributed by atoms with Crippen molar-refractivity contribution in [1.82, 2.24) is 4.90 Å². The maximum absolute atomic E-state index is 13.6. The number of rotatable bonds is 4. The zero-order valence-electron chi connectivity index (χ0n) is 11.1. The van der Waals surface area contributed by atoms with E-state index in [-0.39, 0.29) is 11.7 Å². The van der Waals surface area contributed by atoms with E-state index in [4.69, 9.17) is 0 Å². The monoisotopic (exact) mass is 285 g/mol. The molecule has 0 aromatic heterocycles. The van der Waals surface area contributed by atoms with Crippen molar-refractivity contribution in [2.75, 3.05) is 31.1 Å². The van der Waals surface area contributed by atoms with Crippen LogP contribution in [0, 0.1) is 11.7 Å². The van der Waals surface area contributed by atoms with Gasteiger partial charge in [0.25, 0.3) is 0 Å². The van der Waals surface area contributed by atoms with Crippen molar-refractivity contribution in [3.8, 4) is 0 Å². The Hall–Kier alpha value is -0.780. The Labute approximate surface area is 115 Å². The van der Waals surface area contributed by atoms with E-state index in [1.807, 2.05) is 6.92 Å². The first-order valence-electron chi connectivity index (χ1n) is 6.57. The second-order valence-corrected chi connectivity index (χ2v) is 6.79. The molecule has 2 unspecified atom stereocenters. The van der Waals surface area contributed by atoms with Gasteiger partial charge in [0.05, 0.1) is 6.10 Å². The Balaban J connectivity index is 1.94. The second kappa shape index (κ2) is 6.59. The normalized spacial score (nSPS) is 21.2. The van der Waals surface area contributed by atoms with Crippen molar-refractivity contribution >= 4 is 10.8 Å². The summed E-state index contributed by atoms with van der Waals surface area (Å²) in [6, 6.07) is 6.35. The number of benzene rings is 1. The number of aliphatic hydroxyl groups excluding tert-OH is 1. The number of nitrogens with zero attached hydrogens (tertiary/aromatic N) is 1. The van der Waals surface area contributed by atoms with Crippen LogP contribution in [-0.2, 0) is 10.8 Å². The smallest absolute Gasteiger partial charge is 0.129 e. The molecule has 5 heteroatoms. The molecule has 0 aliphatic carbocycles. The second-order valence-electron chi connectivity index (χ2n) is 5.09. The molecule has 0 saturated carbocycles. The van der Waals surface area contributed by atoms with Crippen LogP contribution in [0.15, 0.2) is 24.3 Å². The highest BCUT2D eigenvalue weighted by Gasteiger charge is 2.23. The first kappa shape index (κ1) is 14.6. The lowest BCUT2D eigenvalue weighted by atomic mass is 9.96. The van der Waals surface area contributed by atoms with Gasteiger partial charge in [0.2, 0.25) is 0 Å². The fourth-order valence-electron chi connectivity index (χ4n) is 2.39. The van der Waals surface area contributed by atoms with E-state index in [0.717, 1.165) is 13.1 Å². The van der Waals surface area contributed by atoms with E-state index in [1.54, 1.807) is 18.2 Å². The summed E-state index contributed by atoms with van der Waals surface area (Å²) in [6.45, 7) is 4.21. The van der Waals surface area contributed by atoms with Gasteiger partial charge in [-0.2, -0.15) is 0 Å². The average Bonchev–Trinajstić information content (AvgIpc) is 2.41. The van der Waals surface area contributed by atoms with Gasteiger partial charge in [-0.25, -0.2) is 4.39 Å². The molecule has 1 aliphatic heterocycles. The van der Waals surface area contributed by atoms with Crippen LogP contribution in [0.25, 0.3) is 0 Å². The summed E-state index contributed by atoms with van der Waals surface area (Å²) in [7, 11) is -0.690. The summed E-state index contributed by atoms with van der Waals surface area (Å²) in [6.07, 6.45) is -0.798. The Morgan fingerprint density at radius 1 is 1.37 bits per heavy atom. The first-order valence-corrected chi connectivity index (χ1v) is 8.06. The minimum absolute atomic E-state index is 0.0524. The summed E-state index contributed by atoms with van der Waals surface area (Å²) < 4.78 is 24.9. The lowest BCUT2D eigenvalue weighted by Gasteiger charge is -2.30. The molecule has 0 amide bonds. The molecular formula is C14H20FNO2S. The Bertz CT molecular complexity index is 445. The average molecular weight is 285 g/mol. The molecule has 1 aromatic carbocycles. The summed E-state index contributed by atoms with van der Waals surface area (Å²) in [5.41, 5.74) is 0.357. The number of halogens is 1. The van der Waals surface area contributed by atoms with E-state index >= 15 is 0 Å². The molecular weight excluding hydrogens is 265 g/mol. The predicted molar refractivity (Wildman–Crippen MR) is 74.8 cm³/mol. The summed E-state index contributed by atoms with van der Waals surface area (Å²) >= 11 is 0. The lowest BCUT2D eigenvalue weighted by molar-refractivity contribution is 0.0877. The number of aliphatic hydroxyl groups is 1. The molecule has 2 rings (SSSR count). The van der Waals surface area contributed by atoms with Crippen LogP contribution in [-0.4, -0.2) is 45.4 Å². The van der Waals surface area contributed by atoms with Gasteiger partial charge in [0.15, 0.2) is 0 Å². The molecule has 0 bridgehead atoms. The van der Waals surface area contributed by atoms with Crippen LogP contribution in [0.3, 0.4) is 0 Å². The van der Waals surface area contributed by atoms with Gasteiger partial charge in [-0.3, -0.25) is 4.21 Å². The van der Waals surface area contributed by atoms with Crippen molar-refractivity contribution < 1.29 is 13.7 Å². The number of hydrogen-bond acceptors (Lipinski definition) is 3. The van der Waals surface area contributed by atoms with Gasteiger partial charge in [-0.05, 0) is 12.0 Å². The highest BCUT2D eigenvalue weighted by molar-refractivity contribution is 7.85. The molecule has 3 nitrogen and oxygen atoms in total. The fourth-order valence-corrected chi connectivity index (χ4v) is 3.51. The Morgan fingerprint density at radius 2 is 2.00 bits per heavy atom. The minimum atomic E-state index is -0.798. The maximum Gasteiger partial charge on any atom is 0.129 e. The Kier molecular flexibility index (Phi) is 5.07. The van der Waals surface area contributed by atoms with Crippen molar-refractivity contribution in [1.29, 1.82) is 0 Å². The molecule has 1 saturated heterocycles. The maximum atomic E-state index is 13.6. The van der Waals surface area contributed by atoms with Gasteiger partial charge in [0.1, 0.15) is 5.82 Å². The van der Waals surface area contributed by atoms with Gasteiger partial charge in [-0.1, -0.05) is 25.1 Å². The molecule has 1 N–H and O–H groups in total. The van der Waals surface area contributed by atoms with Crippen molar-refractivity contribution in [3.63, 3.8) is 0 Å². The zero-order chi connectivity index (χ0) is 13.8. The van der Waals surface area contributed by atoms with E-state index < -0.39 is 16.9 Å². The van der Waals surface area contributed by atoms with Gasteiger partial charge >= 0.3 is 0 Å². The molecule has 2 atom stereocenters. The Morgan fingerprint density at radius 3 is 2.63 bits per heavy atom. The molecule has 19 heavy (non-hydrogen) atoms. The van der Waals surface area contributed by atoms with Crippen molar-refractivity contribution in [3.05, 3.63) is 35.6 Å². The van der Waals surface area contributed by atoms with Gasteiger partial charge in [-0.15, -0.1) is 0 Å². The van der Waals surface area contributed by atoms with E-state index in [9.17, 15) is 13.7 Å². The summed E-state index contributed by atoms with van der Waals surface area (Å²) in [5, 5.41) is 10.2. The van der Waals surface area contributed by atoms with E-state index in [2.05, 4.69) is 4.90 Å². The fraction of sp³-hybridized carbons (Fsp3) is 0.571. The molecule has 1 aromatic rings. The third-order valence-electron chi connectivity index (χ3n) is 3.58. The molecule has 1 heterocycles. The van der Waals surface area contributed by atoms with E-state index in [0.29, 0.717) is 23.6 Å².